The molecule has 2 aromatic carbocycles. The molecule has 4 rings (SSSR count). The summed E-state index contributed by atoms with van der Waals surface area (Å²) in [5.41, 5.74) is 3.29. The predicted molar refractivity (Wildman–Crippen MR) is 124 cm³/mol. The van der Waals surface area contributed by atoms with Gasteiger partial charge in [-0.15, -0.1) is 0 Å². The number of nitrogens with zero attached hydrogens (tertiary/aromatic N) is 2. The average molecular weight is 457 g/mol. The van der Waals surface area contributed by atoms with Crippen molar-refractivity contribution in [2.45, 2.75) is 38.1 Å². The lowest BCUT2D eigenvalue weighted by Gasteiger charge is -2.36. The van der Waals surface area contributed by atoms with Gasteiger partial charge in [0.2, 0.25) is 0 Å². The van der Waals surface area contributed by atoms with E-state index in [1.807, 2.05) is 0 Å². The number of hydrogen-bond acceptors (Lipinski definition) is 4. The monoisotopic (exact) mass is 456 g/mol. The van der Waals surface area contributed by atoms with Gasteiger partial charge in [-0.1, -0.05) is 18.6 Å². The summed E-state index contributed by atoms with van der Waals surface area (Å²) < 4.78 is 27.2. The van der Waals surface area contributed by atoms with Crippen LogP contribution >= 0.6 is 0 Å². The highest BCUT2D eigenvalue weighted by atomic mass is 19.1. The van der Waals surface area contributed by atoms with Crippen LogP contribution in [0.1, 0.15) is 42.9 Å². The quantitative estimate of drug-likeness (QED) is 0.675. The predicted octanol–water partition coefficient (Wildman–Crippen LogP) is 3.63. The van der Waals surface area contributed by atoms with E-state index < -0.39 is 23.4 Å². The maximum atomic E-state index is 13.8. The Hall–Kier alpha value is -3.00. The van der Waals surface area contributed by atoms with Gasteiger partial charge in [0.1, 0.15) is 11.6 Å². The van der Waals surface area contributed by atoms with Crippen molar-refractivity contribution in [2.75, 3.05) is 43.4 Å². The Morgan fingerprint density at radius 2 is 1.76 bits per heavy atom. The molecule has 0 spiro atoms. The van der Waals surface area contributed by atoms with Crippen molar-refractivity contribution in [3.63, 3.8) is 0 Å². The van der Waals surface area contributed by atoms with Gasteiger partial charge in [-0.25, -0.2) is 8.78 Å². The zero-order chi connectivity index (χ0) is 23.4. The molecule has 8 heteroatoms. The van der Waals surface area contributed by atoms with E-state index in [1.54, 1.807) is 0 Å². The van der Waals surface area contributed by atoms with Crippen LogP contribution in [0.15, 0.2) is 36.4 Å². The molecule has 0 bridgehead atoms. The van der Waals surface area contributed by atoms with Crippen molar-refractivity contribution in [3.05, 3.63) is 59.2 Å². The van der Waals surface area contributed by atoms with Crippen LogP contribution in [0.5, 0.6) is 0 Å². The third kappa shape index (κ3) is 5.50. The number of anilines is 2. The van der Waals surface area contributed by atoms with Gasteiger partial charge in [0.25, 0.3) is 0 Å². The highest BCUT2D eigenvalue weighted by Crippen LogP contribution is 2.31. The molecule has 176 valence electrons. The molecule has 0 radical (unpaired) electrons. The number of amides is 2. The van der Waals surface area contributed by atoms with Crippen LogP contribution in [0.2, 0.25) is 0 Å². The van der Waals surface area contributed by atoms with Gasteiger partial charge in [0.05, 0.1) is 11.7 Å². The second kappa shape index (κ2) is 10.3. The first kappa shape index (κ1) is 23.2. The zero-order valence-corrected chi connectivity index (χ0v) is 18.9. The second-order valence-corrected chi connectivity index (χ2v) is 8.81. The number of nitrogens with one attached hydrogen (secondary N) is 2. The summed E-state index contributed by atoms with van der Waals surface area (Å²) >= 11 is 0. The molecule has 0 aliphatic carbocycles. The molecule has 0 unspecified atom stereocenters. The average Bonchev–Trinajstić information content (AvgIpc) is 2.82. The number of carbonyl (C=O) groups is 2. The van der Waals surface area contributed by atoms with Gasteiger partial charge in [-0.2, -0.15) is 0 Å². The van der Waals surface area contributed by atoms with Gasteiger partial charge >= 0.3 is 11.8 Å². The van der Waals surface area contributed by atoms with Gasteiger partial charge in [-0.05, 0) is 68.1 Å². The Kier molecular flexibility index (Phi) is 7.23. The minimum Gasteiger partial charge on any atom is -0.374 e. The Morgan fingerprint density at radius 1 is 0.970 bits per heavy atom. The van der Waals surface area contributed by atoms with E-state index >= 15 is 0 Å². The molecule has 1 saturated heterocycles. The smallest absolute Gasteiger partial charge is 0.313 e. The van der Waals surface area contributed by atoms with E-state index in [1.165, 1.54) is 17.7 Å². The Labute approximate surface area is 192 Å². The molecule has 2 aromatic rings. The highest BCUT2D eigenvalue weighted by molar-refractivity contribution is 6.39. The first-order valence-electron chi connectivity index (χ1n) is 11.5. The first-order chi connectivity index (χ1) is 15.9. The van der Waals surface area contributed by atoms with Crippen LogP contribution in [0.3, 0.4) is 0 Å². The van der Waals surface area contributed by atoms with Crippen molar-refractivity contribution in [1.82, 2.24) is 10.2 Å². The summed E-state index contributed by atoms with van der Waals surface area (Å²) in [7, 11) is 2.10. The maximum Gasteiger partial charge on any atom is 0.313 e. The number of likely N-dealkylation sites (tertiary alicyclic amines) is 1. The molecule has 1 fully saturated rings. The summed E-state index contributed by atoms with van der Waals surface area (Å²) in [5, 5.41) is 4.86. The molecular weight excluding hydrogens is 426 g/mol. The number of fused-ring (bicyclic) bond motifs is 1. The number of rotatable bonds is 5. The van der Waals surface area contributed by atoms with E-state index in [4.69, 9.17) is 0 Å². The van der Waals surface area contributed by atoms with Gasteiger partial charge in [0, 0.05) is 31.9 Å². The maximum absolute atomic E-state index is 13.8. The molecule has 0 saturated carbocycles. The van der Waals surface area contributed by atoms with E-state index in [9.17, 15) is 18.4 Å². The van der Waals surface area contributed by atoms with Crippen LogP contribution in [0.25, 0.3) is 0 Å². The molecule has 1 atom stereocenters. The number of hydrogen-bond donors (Lipinski definition) is 2. The van der Waals surface area contributed by atoms with Gasteiger partial charge < -0.3 is 15.5 Å². The lowest BCUT2D eigenvalue weighted by molar-refractivity contribution is -0.136. The van der Waals surface area contributed by atoms with E-state index in [2.05, 4.69) is 45.7 Å². The van der Waals surface area contributed by atoms with Gasteiger partial charge in [-0.3, -0.25) is 14.5 Å². The van der Waals surface area contributed by atoms with Gasteiger partial charge in [0.15, 0.2) is 0 Å². The van der Waals surface area contributed by atoms with Crippen LogP contribution in [0.4, 0.5) is 20.2 Å². The van der Waals surface area contributed by atoms with Crippen molar-refractivity contribution < 1.29 is 18.4 Å². The van der Waals surface area contributed by atoms with Crippen LogP contribution in [-0.2, 0) is 16.0 Å². The third-order valence-electron chi connectivity index (χ3n) is 6.51. The standard InChI is InChI=1S/C25H30F2N4O2/c1-30-11-5-6-17-14-18(7-10-22(17)30)23(31-12-3-2-4-13-31)16-28-24(32)25(33)29-21-15-19(26)8-9-20(21)27/h7-10,14-15,23H,2-6,11-13,16H2,1H3,(H,28,32)(H,29,33)/t23-/m1/s1. The summed E-state index contributed by atoms with van der Waals surface area (Å²) in [5.74, 6) is -3.40. The minimum atomic E-state index is -1.02. The number of piperidine rings is 1. The van der Waals surface area contributed by atoms with Crippen molar-refractivity contribution >= 4 is 23.2 Å². The SMILES string of the molecule is CN1CCCc2cc([C@@H](CNC(=O)C(=O)Nc3cc(F)ccc3F)N3CCCCC3)ccc21. The first-order valence-corrected chi connectivity index (χ1v) is 11.5. The normalized spacial score (nSPS) is 17.2. The molecule has 6 nitrogen and oxygen atoms in total. The molecular formula is C25H30F2N4O2. The Morgan fingerprint density at radius 3 is 2.55 bits per heavy atom. The lowest BCUT2D eigenvalue weighted by atomic mass is 9.95. The molecule has 2 N–H and O–H groups in total. The van der Waals surface area contributed by atoms with E-state index in [0.29, 0.717) is 0 Å². The number of halogens is 2. The topological polar surface area (TPSA) is 64.7 Å². The third-order valence-corrected chi connectivity index (χ3v) is 6.51. The highest BCUT2D eigenvalue weighted by Gasteiger charge is 2.26. The summed E-state index contributed by atoms with van der Waals surface area (Å²) in [6.45, 7) is 3.15. The second-order valence-electron chi connectivity index (χ2n) is 8.81. The van der Waals surface area contributed by atoms with Crippen molar-refractivity contribution in [2.24, 2.45) is 0 Å². The number of benzene rings is 2. The Bertz CT molecular complexity index is 1020. The molecule has 33 heavy (non-hydrogen) atoms. The van der Waals surface area contributed by atoms with Crippen LogP contribution < -0.4 is 15.5 Å². The molecule has 2 aliphatic heterocycles. The molecule has 2 aliphatic rings. The molecule has 2 amide bonds. The van der Waals surface area contributed by atoms with E-state index in [0.717, 1.165) is 69.1 Å². The summed E-state index contributed by atoms with van der Waals surface area (Å²) in [4.78, 5) is 29.4. The zero-order valence-electron chi connectivity index (χ0n) is 18.9. The summed E-state index contributed by atoms with van der Waals surface area (Å²) in [6.07, 6.45) is 5.50. The van der Waals surface area contributed by atoms with Crippen molar-refractivity contribution in [1.29, 1.82) is 0 Å². The fraction of sp³-hybridized carbons (Fsp3) is 0.440. The van der Waals surface area contributed by atoms with Crippen LogP contribution in [-0.4, -0.2) is 49.9 Å². The summed E-state index contributed by atoms with van der Waals surface area (Å²) in [6, 6.07) is 9.11. The molecule has 2 heterocycles. The fourth-order valence-electron chi connectivity index (χ4n) is 4.74. The van der Waals surface area contributed by atoms with Crippen LogP contribution in [0, 0.1) is 11.6 Å². The number of aryl methyl sites for hydroxylation is 1. The van der Waals surface area contributed by atoms with Crippen molar-refractivity contribution in [3.8, 4) is 0 Å². The minimum absolute atomic E-state index is 0.0644. The Balaban J connectivity index is 1.47. The van der Waals surface area contributed by atoms with E-state index in [-0.39, 0.29) is 18.3 Å². The lowest BCUT2D eigenvalue weighted by Crippen LogP contribution is -2.43. The number of carbonyl (C=O) groups excluding carboxylic acids is 2. The fourth-order valence-corrected chi connectivity index (χ4v) is 4.74. The largest absolute Gasteiger partial charge is 0.374 e. The molecule has 0 aromatic heterocycles.